The first-order valence-corrected chi connectivity index (χ1v) is 7.04. The molecule has 1 rings (SSSR count). The zero-order valence-electron chi connectivity index (χ0n) is 12.1. The highest BCUT2D eigenvalue weighted by atomic mass is 35.5. The number of halogens is 2. The number of rotatable bonds is 2. The largest absolute Gasteiger partial charge is 0.341 e. The lowest BCUT2D eigenvalue weighted by Crippen LogP contribution is -2.24. The average molecular weight is 302 g/mol. The van der Waals surface area contributed by atoms with Crippen LogP contribution in [0.25, 0.3) is 0 Å². The van der Waals surface area contributed by atoms with E-state index in [9.17, 15) is 4.79 Å². The smallest absolute Gasteiger partial charge is 0.255 e. The standard InChI is InChI=1S/C11H9Cl2NO.2C2H6/c1-2-3-7-14-11(15)10-8(12)5-4-6-9(10)13;2*1-2/h4-6H,7H2,1H3,(H,14,15);2*1-2H3. The first kappa shape index (κ1) is 20.2. The van der Waals surface area contributed by atoms with Crippen molar-refractivity contribution in [3.63, 3.8) is 0 Å². The summed E-state index contributed by atoms with van der Waals surface area (Å²) in [5, 5.41) is 3.28. The minimum atomic E-state index is -0.312. The number of hydrogen-bond acceptors (Lipinski definition) is 1. The lowest BCUT2D eigenvalue weighted by Gasteiger charge is -2.05. The number of hydrogen-bond donors (Lipinski definition) is 1. The van der Waals surface area contributed by atoms with E-state index in [1.807, 2.05) is 27.7 Å². The van der Waals surface area contributed by atoms with E-state index >= 15 is 0 Å². The van der Waals surface area contributed by atoms with Gasteiger partial charge in [-0.05, 0) is 19.1 Å². The van der Waals surface area contributed by atoms with Gasteiger partial charge in [0.05, 0.1) is 22.2 Å². The molecule has 0 saturated heterocycles. The van der Waals surface area contributed by atoms with E-state index in [-0.39, 0.29) is 12.5 Å². The molecule has 0 aliphatic carbocycles. The van der Waals surface area contributed by atoms with E-state index in [2.05, 4.69) is 17.2 Å². The number of nitrogens with one attached hydrogen (secondary N) is 1. The van der Waals surface area contributed by atoms with Crippen molar-refractivity contribution in [2.75, 3.05) is 6.54 Å². The minimum absolute atomic E-state index is 0.289. The summed E-state index contributed by atoms with van der Waals surface area (Å²) in [6, 6.07) is 4.93. The van der Waals surface area contributed by atoms with Gasteiger partial charge in [0, 0.05) is 0 Å². The Labute approximate surface area is 126 Å². The van der Waals surface area contributed by atoms with Gasteiger partial charge in [-0.25, -0.2) is 0 Å². The van der Waals surface area contributed by atoms with Crippen LogP contribution >= 0.6 is 23.2 Å². The second-order valence-corrected chi connectivity index (χ2v) is 3.52. The fraction of sp³-hybridized carbons (Fsp3) is 0.400. The van der Waals surface area contributed by atoms with Crippen molar-refractivity contribution in [3.8, 4) is 11.8 Å². The molecule has 0 spiro atoms. The van der Waals surface area contributed by atoms with Crippen molar-refractivity contribution >= 4 is 29.1 Å². The molecule has 4 heteroatoms. The van der Waals surface area contributed by atoms with Crippen LogP contribution in [0.5, 0.6) is 0 Å². The first-order chi connectivity index (χ1) is 9.16. The monoisotopic (exact) mass is 301 g/mol. The maximum absolute atomic E-state index is 11.6. The molecule has 2 nitrogen and oxygen atoms in total. The molecule has 0 aliphatic heterocycles. The second-order valence-electron chi connectivity index (χ2n) is 2.71. The molecule has 1 amide bonds. The van der Waals surface area contributed by atoms with Gasteiger partial charge in [-0.3, -0.25) is 4.79 Å². The third-order valence-corrected chi connectivity index (χ3v) is 2.33. The van der Waals surface area contributed by atoms with E-state index in [1.165, 1.54) is 0 Å². The normalized spacial score (nSPS) is 7.74. The molecule has 106 valence electrons. The zero-order valence-corrected chi connectivity index (χ0v) is 13.6. The van der Waals surface area contributed by atoms with Crippen molar-refractivity contribution < 1.29 is 4.79 Å². The predicted molar refractivity (Wildman–Crippen MR) is 84.9 cm³/mol. The molecule has 1 N–H and O–H groups in total. The number of benzene rings is 1. The molecule has 0 heterocycles. The fourth-order valence-corrected chi connectivity index (χ4v) is 1.59. The minimum Gasteiger partial charge on any atom is -0.341 e. The number of amides is 1. The van der Waals surface area contributed by atoms with Gasteiger partial charge in [0.1, 0.15) is 0 Å². The highest BCUT2D eigenvalue weighted by Gasteiger charge is 2.12. The predicted octanol–water partition coefficient (Wildman–Crippen LogP) is 4.80. The summed E-state index contributed by atoms with van der Waals surface area (Å²) in [4.78, 5) is 11.6. The van der Waals surface area contributed by atoms with Gasteiger partial charge in [0.2, 0.25) is 0 Å². The van der Waals surface area contributed by atoms with Crippen LogP contribution in [0.3, 0.4) is 0 Å². The first-order valence-electron chi connectivity index (χ1n) is 6.28. The van der Waals surface area contributed by atoms with E-state index in [0.717, 1.165) is 0 Å². The van der Waals surface area contributed by atoms with Gasteiger partial charge < -0.3 is 5.32 Å². The van der Waals surface area contributed by atoms with Crippen molar-refractivity contribution in [1.82, 2.24) is 5.32 Å². The van der Waals surface area contributed by atoms with E-state index in [0.29, 0.717) is 15.6 Å². The number of carbonyl (C=O) groups is 1. The van der Waals surface area contributed by atoms with Crippen LogP contribution in [0.2, 0.25) is 10.0 Å². The average Bonchev–Trinajstić information content (AvgIpc) is 2.43. The molecule has 0 atom stereocenters. The Hall–Kier alpha value is -1.17. The zero-order chi connectivity index (χ0) is 15.3. The molecule has 1 aromatic carbocycles. The van der Waals surface area contributed by atoms with Gasteiger partial charge in [-0.1, -0.05) is 62.9 Å². The second kappa shape index (κ2) is 13.3. The van der Waals surface area contributed by atoms with Crippen molar-refractivity contribution in [1.29, 1.82) is 0 Å². The van der Waals surface area contributed by atoms with Gasteiger partial charge in [-0.2, -0.15) is 0 Å². The Morgan fingerprint density at radius 3 is 2.05 bits per heavy atom. The molecule has 0 radical (unpaired) electrons. The summed E-state index contributed by atoms with van der Waals surface area (Å²) < 4.78 is 0. The van der Waals surface area contributed by atoms with Gasteiger partial charge in [-0.15, -0.1) is 5.92 Å². The Morgan fingerprint density at radius 1 is 1.16 bits per heavy atom. The maximum Gasteiger partial charge on any atom is 0.255 e. The highest BCUT2D eigenvalue weighted by molar-refractivity contribution is 6.39. The molecular weight excluding hydrogens is 281 g/mol. The summed E-state index contributed by atoms with van der Waals surface area (Å²) in [6.45, 7) is 9.99. The van der Waals surface area contributed by atoms with Crippen molar-refractivity contribution in [2.45, 2.75) is 34.6 Å². The maximum atomic E-state index is 11.6. The summed E-state index contributed by atoms with van der Waals surface area (Å²) in [5.41, 5.74) is 0.290. The number of carbonyl (C=O) groups excluding carboxylic acids is 1. The lowest BCUT2D eigenvalue weighted by atomic mass is 10.2. The molecule has 0 aliphatic rings. The van der Waals surface area contributed by atoms with Crippen molar-refractivity contribution in [2.24, 2.45) is 0 Å². The Morgan fingerprint density at radius 2 is 1.63 bits per heavy atom. The molecule has 1 aromatic rings. The summed E-state index contributed by atoms with van der Waals surface area (Å²) in [7, 11) is 0. The Balaban J connectivity index is 0. The van der Waals surface area contributed by atoms with E-state index < -0.39 is 0 Å². The summed E-state index contributed by atoms with van der Waals surface area (Å²) in [6.07, 6.45) is 0. The van der Waals surface area contributed by atoms with Crippen LogP contribution in [0, 0.1) is 11.8 Å². The highest BCUT2D eigenvalue weighted by Crippen LogP contribution is 2.23. The molecule has 0 unspecified atom stereocenters. The molecule has 0 aromatic heterocycles. The fourth-order valence-electron chi connectivity index (χ4n) is 1.02. The van der Waals surface area contributed by atoms with Crippen LogP contribution in [-0.2, 0) is 0 Å². The van der Waals surface area contributed by atoms with Gasteiger partial charge in [0.15, 0.2) is 0 Å². The summed E-state index contributed by atoms with van der Waals surface area (Å²) >= 11 is 11.7. The third-order valence-electron chi connectivity index (χ3n) is 1.70. The molecular formula is C15H21Cl2NO. The Bertz CT molecular complexity index is 413. The third kappa shape index (κ3) is 7.77. The van der Waals surface area contributed by atoms with Crippen LogP contribution in [-0.4, -0.2) is 12.5 Å². The van der Waals surface area contributed by atoms with E-state index in [1.54, 1.807) is 25.1 Å². The quantitative estimate of drug-likeness (QED) is 0.781. The molecule has 0 bridgehead atoms. The van der Waals surface area contributed by atoms with Crippen molar-refractivity contribution in [3.05, 3.63) is 33.8 Å². The topological polar surface area (TPSA) is 29.1 Å². The molecule has 19 heavy (non-hydrogen) atoms. The van der Waals surface area contributed by atoms with Crippen LogP contribution in [0.15, 0.2) is 18.2 Å². The summed E-state index contributed by atoms with van der Waals surface area (Å²) in [5.74, 6) is 5.08. The Kier molecular flexibility index (Phi) is 14.1. The van der Waals surface area contributed by atoms with Gasteiger partial charge in [0.25, 0.3) is 5.91 Å². The molecule has 0 saturated carbocycles. The SMILES string of the molecule is CC.CC.CC#CCNC(=O)c1c(Cl)cccc1Cl. The van der Waals surface area contributed by atoms with E-state index in [4.69, 9.17) is 23.2 Å². The van der Waals surface area contributed by atoms with Crippen LogP contribution in [0.4, 0.5) is 0 Å². The lowest BCUT2D eigenvalue weighted by molar-refractivity contribution is 0.0959. The van der Waals surface area contributed by atoms with Crippen LogP contribution in [0.1, 0.15) is 45.0 Å². The molecule has 0 fully saturated rings. The van der Waals surface area contributed by atoms with Gasteiger partial charge >= 0.3 is 0 Å². The van der Waals surface area contributed by atoms with Crippen LogP contribution < -0.4 is 5.32 Å².